The van der Waals surface area contributed by atoms with Gasteiger partial charge in [-0.1, -0.05) is 15.9 Å². The predicted molar refractivity (Wildman–Crippen MR) is 67.4 cm³/mol. The summed E-state index contributed by atoms with van der Waals surface area (Å²) in [6, 6.07) is 4.65. The number of hydrogen-bond donors (Lipinski definition) is 0. The summed E-state index contributed by atoms with van der Waals surface area (Å²) in [7, 11) is -3.60. The van der Waals surface area contributed by atoms with E-state index in [4.69, 9.17) is 4.18 Å². The van der Waals surface area contributed by atoms with E-state index >= 15 is 0 Å². The fourth-order valence-electron chi connectivity index (χ4n) is 1.09. The van der Waals surface area contributed by atoms with E-state index in [1.54, 1.807) is 19.1 Å². The van der Waals surface area contributed by atoms with Crippen LogP contribution in [-0.2, 0) is 19.5 Å². The maximum atomic E-state index is 11.5. The Kier molecular flexibility index (Phi) is 9.93. The van der Waals surface area contributed by atoms with Gasteiger partial charge in [-0.25, -0.2) is 0 Å². The molecule has 0 aromatic heterocycles. The molecule has 6 nitrogen and oxygen atoms in total. The van der Waals surface area contributed by atoms with Gasteiger partial charge in [0.15, 0.2) is 0 Å². The van der Waals surface area contributed by atoms with Gasteiger partial charge in [0, 0.05) is 10.2 Å². The zero-order chi connectivity index (χ0) is 13.6. The zero-order valence-corrected chi connectivity index (χ0v) is 15.5. The Labute approximate surface area is 146 Å². The van der Waals surface area contributed by atoms with E-state index in [0.717, 1.165) is 12.0 Å². The topological polar surface area (TPSA) is 84.9 Å². The van der Waals surface area contributed by atoms with E-state index in [9.17, 15) is 13.7 Å². The minimum Gasteiger partial charge on any atom is -0.691 e. The Morgan fingerprint density at radius 2 is 2.11 bits per heavy atom. The second-order valence-electron chi connectivity index (χ2n) is 3.18. The molecule has 0 saturated heterocycles. The van der Waals surface area contributed by atoms with Crippen LogP contribution in [0.1, 0.15) is 5.56 Å². The van der Waals surface area contributed by atoms with Crippen molar-refractivity contribution >= 4 is 38.1 Å². The molecule has 0 aliphatic heterocycles. The summed E-state index contributed by atoms with van der Waals surface area (Å²) in [5, 5.41) is 13.2. The molecule has 0 aliphatic rings. The standard InChI is InChI=1S/C9H11BrO6S2.Na/c1-7-6-8(17-16-15-11)2-3-9(7)14-18(12,13)5-4-10;/h2-3,6,11H,4-5H2,1H3;/q;+1/p-1. The van der Waals surface area contributed by atoms with Crippen molar-refractivity contribution in [1.29, 1.82) is 0 Å². The molecular formula is C9H10BrNaO6S2. The van der Waals surface area contributed by atoms with E-state index in [-0.39, 0.29) is 41.1 Å². The fraction of sp³-hybridized carbons (Fsp3) is 0.333. The largest absolute Gasteiger partial charge is 1.00 e. The average Bonchev–Trinajstić information content (AvgIpc) is 2.29. The van der Waals surface area contributed by atoms with Crippen LogP contribution in [0.3, 0.4) is 0 Å². The fourth-order valence-corrected chi connectivity index (χ4v) is 3.47. The molecule has 0 fully saturated rings. The Hall–Kier alpha value is 0.680. The molecule has 0 aliphatic carbocycles. The van der Waals surface area contributed by atoms with Gasteiger partial charge < -0.3 is 9.44 Å². The maximum Gasteiger partial charge on any atom is 1.00 e. The predicted octanol–water partition coefficient (Wildman–Crippen LogP) is -1.67. The molecule has 102 valence electrons. The Morgan fingerprint density at radius 3 is 2.63 bits per heavy atom. The van der Waals surface area contributed by atoms with Crippen LogP contribution in [0.5, 0.6) is 5.75 Å². The molecule has 0 bridgehead atoms. The molecule has 0 N–H and O–H groups in total. The number of halogens is 1. The molecule has 19 heavy (non-hydrogen) atoms. The molecule has 10 heteroatoms. The number of rotatable bonds is 7. The van der Waals surface area contributed by atoms with Gasteiger partial charge in [-0.3, -0.25) is 5.04 Å². The molecule has 0 amide bonds. The molecule has 0 saturated carbocycles. The van der Waals surface area contributed by atoms with Crippen molar-refractivity contribution in [3.05, 3.63) is 23.8 Å². The minimum absolute atomic E-state index is 0. The van der Waals surface area contributed by atoms with Gasteiger partial charge in [-0.15, -0.1) is 0 Å². The van der Waals surface area contributed by atoms with E-state index in [2.05, 4.69) is 25.3 Å². The zero-order valence-electron chi connectivity index (χ0n) is 10.3. The van der Waals surface area contributed by atoms with Crippen LogP contribution in [-0.4, -0.2) is 19.5 Å². The summed E-state index contributed by atoms with van der Waals surface area (Å²) >= 11 is 3.76. The first-order valence-electron chi connectivity index (χ1n) is 4.70. The quantitative estimate of drug-likeness (QED) is 0.140. The molecule has 1 aromatic rings. The second kappa shape index (κ2) is 9.59. The third-order valence-corrected chi connectivity index (χ3v) is 4.48. The van der Waals surface area contributed by atoms with Crippen molar-refractivity contribution in [2.45, 2.75) is 11.8 Å². The van der Waals surface area contributed by atoms with Crippen LogP contribution in [0.25, 0.3) is 0 Å². The normalized spacial score (nSPS) is 10.9. The Bertz CT molecular complexity index is 495. The monoisotopic (exact) mass is 380 g/mol. The third-order valence-electron chi connectivity index (χ3n) is 1.85. The van der Waals surface area contributed by atoms with E-state index in [1.807, 2.05) is 0 Å². The molecule has 0 heterocycles. The summed E-state index contributed by atoms with van der Waals surface area (Å²) in [6.45, 7) is 1.68. The van der Waals surface area contributed by atoms with Crippen LogP contribution in [0.2, 0.25) is 0 Å². The van der Waals surface area contributed by atoms with Crippen molar-refractivity contribution in [3.8, 4) is 5.75 Å². The molecule has 1 aromatic carbocycles. The third kappa shape index (κ3) is 7.30. The molecular weight excluding hydrogens is 371 g/mol. The van der Waals surface area contributed by atoms with Gasteiger partial charge in [0.25, 0.3) is 0 Å². The first-order chi connectivity index (χ1) is 8.48. The van der Waals surface area contributed by atoms with Gasteiger partial charge in [0.2, 0.25) is 0 Å². The van der Waals surface area contributed by atoms with Crippen LogP contribution >= 0.6 is 28.0 Å². The Morgan fingerprint density at radius 1 is 1.42 bits per heavy atom. The van der Waals surface area contributed by atoms with Gasteiger partial charge in [0.05, 0.1) is 17.8 Å². The molecule has 0 spiro atoms. The van der Waals surface area contributed by atoms with Crippen molar-refractivity contribution < 1.29 is 56.8 Å². The molecule has 0 radical (unpaired) electrons. The first kappa shape index (κ1) is 19.7. The number of benzene rings is 1. The van der Waals surface area contributed by atoms with Gasteiger partial charge >= 0.3 is 39.7 Å². The minimum atomic E-state index is -3.60. The summed E-state index contributed by atoms with van der Waals surface area (Å²) in [5.74, 6) is 0.124. The van der Waals surface area contributed by atoms with Crippen molar-refractivity contribution in [2.24, 2.45) is 0 Å². The molecule has 0 unspecified atom stereocenters. The second-order valence-corrected chi connectivity index (χ2v) is 6.44. The van der Waals surface area contributed by atoms with Gasteiger partial charge in [0.1, 0.15) is 5.75 Å². The van der Waals surface area contributed by atoms with E-state index in [1.165, 1.54) is 6.07 Å². The summed E-state index contributed by atoms with van der Waals surface area (Å²) < 4.78 is 32.0. The summed E-state index contributed by atoms with van der Waals surface area (Å²) in [4.78, 5) is 0.591. The number of aryl methyl sites for hydroxylation is 1. The Balaban J connectivity index is 0.00000324. The van der Waals surface area contributed by atoms with E-state index < -0.39 is 10.1 Å². The SMILES string of the molecule is Cc1cc(SOO[O-])ccc1OS(=O)(=O)CCBr.[Na+]. The smallest absolute Gasteiger partial charge is 0.691 e. The van der Waals surface area contributed by atoms with Gasteiger partial charge in [-0.05, 0) is 30.7 Å². The number of alkyl halides is 1. The number of hydrogen-bond acceptors (Lipinski definition) is 7. The van der Waals surface area contributed by atoms with Crippen LogP contribution in [0, 0.1) is 6.92 Å². The van der Waals surface area contributed by atoms with Crippen LogP contribution in [0.4, 0.5) is 0 Å². The maximum absolute atomic E-state index is 11.5. The average molecular weight is 381 g/mol. The van der Waals surface area contributed by atoms with E-state index in [0.29, 0.717) is 15.8 Å². The van der Waals surface area contributed by atoms with Crippen LogP contribution in [0.15, 0.2) is 23.1 Å². The van der Waals surface area contributed by atoms with Crippen molar-refractivity contribution in [3.63, 3.8) is 0 Å². The van der Waals surface area contributed by atoms with Crippen molar-refractivity contribution in [2.75, 3.05) is 11.1 Å². The van der Waals surface area contributed by atoms with Crippen LogP contribution < -0.4 is 39.0 Å². The van der Waals surface area contributed by atoms with Gasteiger partial charge in [-0.2, -0.15) is 12.8 Å². The molecule has 1 rings (SSSR count). The summed E-state index contributed by atoms with van der Waals surface area (Å²) in [5.41, 5.74) is 0.604. The summed E-state index contributed by atoms with van der Waals surface area (Å²) in [6.07, 6.45) is 0. The molecule has 0 atom stereocenters. The van der Waals surface area contributed by atoms with Crippen molar-refractivity contribution in [1.82, 2.24) is 0 Å². The first-order valence-corrected chi connectivity index (χ1v) is 8.14.